The van der Waals surface area contributed by atoms with Crippen LogP contribution in [0.3, 0.4) is 0 Å². The van der Waals surface area contributed by atoms with Gasteiger partial charge in [0.25, 0.3) is 0 Å². The van der Waals surface area contributed by atoms with E-state index in [1.165, 1.54) is 43.2 Å². The van der Waals surface area contributed by atoms with E-state index >= 15 is 0 Å². The van der Waals surface area contributed by atoms with Crippen molar-refractivity contribution in [3.63, 3.8) is 0 Å². The molecular formula is C14H18O2. The fraction of sp³-hybridized carbons (Fsp3) is 0.500. The van der Waals surface area contributed by atoms with Gasteiger partial charge < -0.3 is 5.11 Å². The number of carboxylic acid groups (broad SMARTS) is 1. The van der Waals surface area contributed by atoms with E-state index in [0.29, 0.717) is 11.5 Å². The lowest BCUT2D eigenvalue weighted by Gasteiger charge is -2.23. The van der Waals surface area contributed by atoms with Gasteiger partial charge in [0.1, 0.15) is 0 Å². The Morgan fingerprint density at radius 3 is 2.56 bits per heavy atom. The summed E-state index contributed by atoms with van der Waals surface area (Å²) in [6, 6.07) is 5.50. The summed E-state index contributed by atoms with van der Waals surface area (Å²) >= 11 is 0. The summed E-state index contributed by atoms with van der Waals surface area (Å²) in [7, 11) is 0. The summed E-state index contributed by atoms with van der Waals surface area (Å²) in [5.74, 6) is -0.245. The lowest BCUT2D eigenvalue weighted by atomic mass is 9.82. The number of aryl methyl sites for hydroxylation is 1. The van der Waals surface area contributed by atoms with Gasteiger partial charge in [0.15, 0.2) is 0 Å². The molecule has 0 atom stereocenters. The number of carboxylic acids is 1. The Kier molecular flexibility index (Phi) is 3.28. The summed E-state index contributed by atoms with van der Waals surface area (Å²) in [4.78, 5) is 10.9. The van der Waals surface area contributed by atoms with Crippen LogP contribution in [-0.2, 0) is 0 Å². The van der Waals surface area contributed by atoms with Gasteiger partial charge in [-0.15, -0.1) is 0 Å². The first-order chi connectivity index (χ1) is 7.68. The van der Waals surface area contributed by atoms with Crippen LogP contribution in [0.5, 0.6) is 0 Å². The van der Waals surface area contributed by atoms with Crippen LogP contribution in [0.15, 0.2) is 18.2 Å². The molecule has 0 amide bonds. The van der Waals surface area contributed by atoms with Gasteiger partial charge in [-0.1, -0.05) is 25.3 Å². The zero-order valence-corrected chi connectivity index (χ0v) is 9.70. The van der Waals surface area contributed by atoms with E-state index in [4.69, 9.17) is 5.11 Å². The Morgan fingerprint density at radius 1 is 1.25 bits per heavy atom. The molecule has 2 nitrogen and oxygen atoms in total. The maximum Gasteiger partial charge on any atom is 0.335 e. The smallest absolute Gasteiger partial charge is 0.335 e. The molecular weight excluding hydrogens is 200 g/mol. The molecule has 1 aromatic carbocycles. The van der Waals surface area contributed by atoms with Crippen LogP contribution in [0.1, 0.15) is 59.5 Å². The summed E-state index contributed by atoms with van der Waals surface area (Å²) in [5, 5.41) is 9.00. The Hall–Kier alpha value is -1.31. The Labute approximate surface area is 96.3 Å². The zero-order chi connectivity index (χ0) is 11.5. The zero-order valence-electron chi connectivity index (χ0n) is 9.70. The molecule has 1 N–H and O–H groups in total. The standard InChI is InChI=1S/C14H18O2/c1-10-7-8-12(14(15)16)9-13(10)11-5-3-2-4-6-11/h7-9,11H,2-6H2,1H3,(H,15,16). The normalized spacial score (nSPS) is 17.3. The third-order valence-corrected chi connectivity index (χ3v) is 3.57. The molecule has 0 heterocycles. The van der Waals surface area contributed by atoms with Gasteiger partial charge in [0.2, 0.25) is 0 Å². The second-order valence-corrected chi connectivity index (χ2v) is 4.71. The highest BCUT2D eigenvalue weighted by Gasteiger charge is 2.18. The molecule has 16 heavy (non-hydrogen) atoms. The molecule has 0 saturated heterocycles. The van der Waals surface area contributed by atoms with Crippen LogP contribution in [-0.4, -0.2) is 11.1 Å². The fourth-order valence-electron chi connectivity index (χ4n) is 2.63. The van der Waals surface area contributed by atoms with Crippen molar-refractivity contribution in [2.75, 3.05) is 0 Å². The van der Waals surface area contributed by atoms with Crippen LogP contribution in [0.2, 0.25) is 0 Å². The van der Waals surface area contributed by atoms with Crippen molar-refractivity contribution >= 4 is 5.97 Å². The van der Waals surface area contributed by atoms with Crippen molar-refractivity contribution in [2.24, 2.45) is 0 Å². The SMILES string of the molecule is Cc1ccc(C(=O)O)cc1C1CCCCC1. The molecule has 2 rings (SSSR count). The lowest BCUT2D eigenvalue weighted by Crippen LogP contribution is -2.08. The molecule has 1 fully saturated rings. The van der Waals surface area contributed by atoms with Crippen molar-refractivity contribution in [3.8, 4) is 0 Å². The van der Waals surface area contributed by atoms with Crippen molar-refractivity contribution in [1.82, 2.24) is 0 Å². The average molecular weight is 218 g/mol. The van der Waals surface area contributed by atoms with Gasteiger partial charge in [-0.25, -0.2) is 4.79 Å². The van der Waals surface area contributed by atoms with Crippen molar-refractivity contribution in [1.29, 1.82) is 0 Å². The van der Waals surface area contributed by atoms with E-state index in [1.54, 1.807) is 6.07 Å². The van der Waals surface area contributed by atoms with Gasteiger partial charge in [-0.2, -0.15) is 0 Å². The van der Waals surface area contributed by atoms with E-state index in [-0.39, 0.29) is 0 Å². The molecule has 0 aromatic heterocycles. The van der Waals surface area contributed by atoms with Gasteiger partial charge in [-0.3, -0.25) is 0 Å². The maximum atomic E-state index is 10.9. The van der Waals surface area contributed by atoms with Crippen molar-refractivity contribution in [3.05, 3.63) is 34.9 Å². The summed E-state index contributed by atoms with van der Waals surface area (Å²) in [5.41, 5.74) is 2.91. The van der Waals surface area contributed by atoms with Crippen LogP contribution in [0.4, 0.5) is 0 Å². The number of aromatic carboxylic acids is 1. The third kappa shape index (κ3) is 2.26. The molecule has 0 bridgehead atoms. The van der Waals surface area contributed by atoms with E-state index in [1.807, 2.05) is 12.1 Å². The molecule has 86 valence electrons. The van der Waals surface area contributed by atoms with E-state index in [2.05, 4.69) is 6.92 Å². The first-order valence-electron chi connectivity index (χ1n) is 6.02. The highest BCUT2D eigenvalue weighted by Crippen LogP contribution is 2.34. The topological polar surface area (TPSA) is 37.3 Å². The van der Waals surface area contributed by atoms with Gasteiger partial charge in [0.05, 0.1) is 5.56 Å². The first-order valence-corrected chi connectivity index (χ1v) is 6.02. The molecule has 0 unspecified atom stereocenters. The first kappa shape index (κ1) is 11.2. The minimum atomic E-state index is -0.822. The molecule has 2 heteroatoms. The number of hydrogen-bond acceptors (Lipinski definition) is 1. The number of benzene rings is 1. The average Bonchev–Trinajstić information content (AvgIpc) is 2.30. The van der Waals surface area contributed by atoms with Gasteiger partial charge in [0, 0.05) is 0 Å². The summed E-state index contributed by atoms with van der Waals surface area (Å²) in [6.45, 7) is 2.08. The minimum Gasteiger partial charge on any atom is -0.478 e. The highest BCUT2D eigenvalue weighted by atomic mass is 16.4. The van der Waals surface area contributed by atoms with Crippen LogP contribution < -0.4 is 0 Å². The second-order valence-electron chi connectivity index (χ2n) is 4.71. The van der Waals surface area contributed by atoms with Crippen molar-refractivity contribution < 1.29 is 9.90 Å². The molecule has 0 spiro atoms. The van der Waals surface area contributed by atoms with E-state index in [9.17, 15) is 4.79 Å². The van der Waals surface area contributed by atoms with E-state index < -0.39 is 5.97 Å². The van der Waals surface area contributed by atoms with E-state index in [0.717, 1.165) is 0 Å². The monoisotopic (exact) mass is 218 g/mol. The summed E-state index contributed by atoms with van der Waals surface area (Å²) < 4.78 is 0. The lowest BCUT2D eigenvalue weighted by molar-refractivity contribution is 0.0696. The Balaban J connectivity index is 2.30. The second kappa shape index (κ2) is 4.69. The number of rotatable bonds is 2. The van der Waals surface area contributed by atoms with Gasteiger partial charge in [-0.05, 0) is 48.9 Å². The maximum absolute atomic E-state index is 10.9. The fourth-order valence-corrected chi connectivity index (χ4v) is 2.63. The van der Waals surface area contributed by atoms with Crippen LogP contribution in [0.25, 0.3) is 0 Å². The third-order valence-electron chi connectivity index (χ3n) is 3.57. The molecule has 1 aromatic rings. The molecule has 1 saturated carbocycles. The molecule has 0 aliphatic heterocycles. The summed E-state index contributed by atoms with van der Waals surface area (Å²) in [6.07, 6.45) is 6.31. The van der Waals surface area contributed by atoms with Crippen molar-refractivity contribution in [2.45, 2.75) is 44.9 Å². The molecule has 1 aliphatic carbocycles. The Morgan fingerprint density at radius 2 is 1.94 bits per heavy atom. The highest BCUT2D eigenvalue weighted by molar-refractivity contribution is 5.87. The van der Waals surface area contributed by atoms with Crippen LogP contribution >= 0.6 is 0 Å². The number of hydrogen-bond donors (Lipinski definition) is 1. The molecule has 1 aliphatic rings. The quantitative estimate of drug-likeness (QED) is 0.821. The predicted molar refractivity (Wildman–Crippen MR) is 64.0 cm³/mol. The largest absolute Gasteiger partial charge is 0.478 e. The molecule has 0 radical (unpaired) electrons. The predicted octanol–water partition coefficient (Wildman–Crippen LogP) is 3.74. The van der Waals surface area contributed by atoms with Crippen LogP contribution in [0, 0.1) is 6.92 Å². The van der Waals surface area contributed by atoms with Gasteiger partial charge >= 0.3 is 5.97 Å². The minimum absolute atomic E-state index is 0.422. The Bertz CT molecular complexity index is 390. The number of carbonyl (C=O) groups is 1.